The molecule has 1 unspecified atom stereocenters. The number of carbonyl (C=O) groups is 2. The van der Waals surface area contributed by atoms with Gasteiger partial charge in [-0.1, -0.05) is 24.3 Å². The summed E-state index contributed by atoms with van der Waals surface area (Å²) in [7, 11) is 0. The number of nitrogens with one attached hydrogen (secondary N) is 2. The van der Waals surface area contributed by atoms with E-state index in [9.17, 15) is 9.59 Å². The lowest BCUT2D eigenvalue weighted by Gasteiger charge is -2.26. The summed E-state index contributed by atoms with van der Waals surface area (Å²) in [6.45, 7) is 0.426. The van der Waals surface area contributed by atoms with Crippen molar-refractivity contribution >= 4 is 17.5 Å². The van der Waals surface area contributed by atoms with Gasteiger partial charge in [0.2, 0.25) is 0 Å². The predicted molar refractivity (Wildman–Crippen MR) is 106 cm³/mol. The van der Waals surface area contributed by atoms with E-state index in [1.165, 1.54) is 6.26 Å². The molecule has 0 aliphatic carbocycles. The maximum atomic E-state index is 12.4. The van der Waals surface area contributed by atoms with Gasteiger partial charge in [-0.3, -0.25) is 9.59 Å². The third-order valence-corrected chi connectivity index (χ3v) is 4.50. The van der Waals surface area contributed by atoms with Crippen LogP contribution in [0, 0.1) is 0 Å². The van der Waals surface area contributed by atoms with Gasteiger partial charge in [-0.15, -0.1) is 0 Å². The number of para-hydroxylation sites is 1. The highest BCUT2D eigenvalue weighted by Gasteiger charge is 2.22. The summed E-state index contributed by atoms with van der Waals surface area (Å²) < 4.78 is 16.3. The van der Waals surface area contributed by atoms with Gasteiger partial charge in [-0.05, 0) is 30.3 Å². The molecule has 29 heavy (non-hydrogen) atoms. The predicted octanol–water partition coefficient (Wildman–Crippen LogP) is 3.55. The summed E-state index contributed by atoms with van der Waals surface area (Å²) in [5.41, 5.74) is 1.51. The zero-order chi connectivity index (χ0) is 20.1. The molecule has 1 atom stereocenters. The second kappa shape index (κ2) is 8.52. The molecule has 4 rings (SSSR count). The van der Waals surface area contributed by atoms with Crippen LogP contribution in [0.5, 0.6) is 11.5 Å². The van der Waals surface area contributed by atoms with Crippen LogP contribution in [0.15, 0.2) is 71.3 Å². The van der Waals surface area contributed by atoms with Crippen molar-refractivity contribution in [1.29, 1.82) is 0 Å². The molecule has 2 aromatic carbocycles. The molecule has 1 aromatic heterocycles. The average Bonchev–Trinajstić information content (AvgIpc) is 3.28. The lowest BCUT2D eigenvalue weighted by Crippen LogP contribution is -2.35. The van der Waals surface area contributed by atoms with E-state index in [1.807, 2.05) is 24.3 Å². The Kier molecular flexibility index (Phi) is 5.47. The Morgan fingerprint density at radius 2 is 1.97 bits per heavy atom. The SMILES string of the molecule is O=C(COc1cccc(NC(=O)c2ccco2)c1)NC1CCOc2ccccc21. The topological polar surface area (TPSA) is 89.8 Å². The molecule has 2 amide bonds. The lowest BCUT2D eigenvalue weighted by molar-refractivity contribution is -0.124. The number of amides is 2. The standard InChI is InChI=1S/C22H20N2O5/c25-21(24-18-10-12-28-19-8-2-1-7-17(18)19)14-29-16-6-3-5-15(13-16)23-22(26)20-9-4-11-27-20/h1-9,11,13,18H,10,12,14H2,(H,23,26)(H,24,25). The van der Waals surface area contributed by atoms with Gasteiger partial charge < -0.3 is 24.5 Å². The maximum absolute atomic E-state index is 12.4. The van der Waals surface area contributed by atoms with Gasteiger partial charge in [0.1, 0.15) is 11.5 Å². The molecule has 0 fully saturated rings. The lowest BCUT2D eigenvalue weighted by atomic mass is 10.0. The molecule has 2 N–H and O–H groups in total. The first-order valence-electron chi connectivity index (χ1n) is 9.28. The van der Waals surface area contributed by atoms with E-state index >= 15 is 0 Å². The Morgan fingerprint density at radius 1 is 1.07 bits per heavy atom. The normalized spacial score (nSPS) is 15.0. The average molecular weight is 392 g/mol. The molecule has 3 aromatic rings. The number of ether oxygens (including phenoxy) is 2. The fourth-order valence-corrected chi connectivity index (χ4v) is 3.14. The summed E-state index contributed by atoms with van der Waals surface area (Å²) in [5, 5.41) is 5.71. The molecule has 7 heteroatoms. The van der Waals surface area contributed by atoms with Crippen LogP contribution in [-0.2, 0) is 4.79 Å². The summed E-state index contributed by atoms with van der Waals surface area (Å²) in [4.78, 5) is 24.4. The van der Waals surface area contributed by atoms with Crippen molar-refractivity contribution in [2.24, 2.45) is 0 Å². The largest absolute Gasteiger partial charge is 0.493 e. The van der Waals surface area contributed by atoms with E-state index < -0.39 is 0 Å². The van der Waals surface area contributed by atoms with Crippen LogP contribution < -0.4 is 20.1 Å². The summed E-state index contributed by atoms with van der Waals surface area (Å²) in [6, 6.07) is 17.6. The third-order valence-electron chi connectivity index (χ3n) is 4.50. The minimum atomic E-state index is -0.358. The second-order valence-electron chi connectivity index (χ2n) is 6.54. The van der Waals surface area contributed by atoms with Crippen LogP contribution in [0.3, 0.4) is 0 Å². The number of hydrogen-bond donors (Lipinski definition) is 2. The van der Waals surface area contributed by atoms with Crippen molar-refractivity contribution in [2.45, 2.75) is 12.5 Å². The van der Waals surface area contributed by atoms with Crippen molar-refractivity contribution in [2.75, 3.05) is 18.5 Å². The molecule has 1 aliphatic heterocycles. The van der Waals surface area contributed by atoms with Crippen LogP contribution in [0.25, 0.3) is 0 Å². The fraction of sp³-hybridized carbons (Fsp3) is 0.182. The summed E-state index contributed by atoms with van der Waals surface area (Å²) >= 11 is 0. The monoisotopic (exact) mass is 392 g/mol. The van der Waals surface area contributed by atoms with Crippen LogP contribution in [-0.4, -0.2) is 25.0 Å². The second-order valence-corrected chi connectivity index (χ2v) is 6.54. The maximum Gasteiger partial charge on any atom is 0.291 e. The van der Waals surface area contributed by atoms with Crippen molar-refractivity contribution in [1.82, 2.24) is 5.32 Å². The van der Waals surface area contributed by atoms with Gasteiger partial charge in [0, 0.05) is 23.7 Å². The van der Waals surface area contributed by atoms with Gasteiger partial charge >= 0.3 is 0 Å². The molecule has 1 aliphatic rings. The Bertz CT molecular complexity index is 1000. The quantitative estimate of drug-likeness (QED) is 0.670. The molecular weight excluding hydrogens is 372 g/mol. The molecule has 0 radical (unpaired) electrons. The Hall–Kier alpha value is -3.74. The van der Waals surface area contributed by atoms with E-state index in [2.05, 4.69) is 10.6 Å². The van der Waals surface area contributed by atoms with Crippen molar-refractivity contribution < 1.29 is 23.5 Å². The van der Waals surface area contributed by atoms with E-state index in [0.29, 0.717) is 24.5 Å². The Balaban J connectivity index is 1.32. The first-order valence-corrected chi connectivity index (χ1v) is 9.28. The molecule has 0 saturated carbocycles. The highest BCUT2D eigenvalue weighted by molar-refractivity contribution is 6.02. The number of hydrogen-bond acceptors (Lipinski definition) is 5. The highest BCUT2D eigenvalue weighted by atomic mass is 16.5. The first kappa shape index (κ1) is 18.6. The van der Waals surface area contributed by atoms with Gasteiger partial charge in [0.25, 0.3) is 11.8 Å². The number of anilines is 1. The molecule has 0 saturated heterocycles. The molecule has 148 valence electrons. The van der Waals surface area contributed by atoms with E-state index in [1.54, 1.807) is 36.4 Å². The van der Waals surface area contributed by atoms with Crippen LogP contribution in [0.1, 0.15) is 28.6 Å². The van der Waals surface area contributed by atoms with Crippen molar-refractivity contribution in [3.63, 3.8) is 0 Å². The van der Waals surface area contributed by atoms with Crippen LogP contribution >= 0.6 is 0 Å². The minimum Gasteiger partial charge on any atom is -0.493 e. The van der Waals surface area contributed by atoms with Crippen LogP contribution in [0.4, 0.5) is 5.69 Å². The smallest absolute Gasteiger partial charge is 0.291 e. The van der Waals surface area contributed by atoms with Crippen molar-refractivity contribution in [3.8, 4) is 11.5 Å². The number of furan rings is 1. The summed E-state index contributed by atoms with van der Waals surface area (Å²) in [6.07, 6.45) is 2.14. The Morgan fingerprint density at radius 3 is 2.83 bits per heavy atom. The van der Waals surface area contributed by atoms with Gasteiger partial charge in [-0.2, -0.15) is 0 Å². The van der Waals surface area contributed by atoms with Gasteiger partial charge in [0.15, 0.2) is 12.4 Å². The first-order chi connectivity index (χ1) is 14.2. The fourth-order valence-electron chi connectivity index (χ4n) is 3.14. The zero-order valence-corrected chi connectivity index (χ0v) is 15.6. The van der Waals surface area contributed by atoms with E-state index in [0.717, 1.165) is 11.3 Å². The van der Waals surface area contributed by atoms with Gasteiger partial charge in [-0.25, -0.2) is 0 Å². The highest BCUT2D eigenvalue weighted by Crippen LogP contribution is 2.31. The van der Waals surface area contributed by atoms with Gasteiger partial charge in [0.05, 0.1) is 18.9 Å². The number of rotatable bonds is 6. The van der Waals surface area contributed by atoms with E-state index in [-0.39, 0.29) is 30.2 Å². The Labute approximate surface area is 167 Å². The minimum absolute atomic E-state index is 0.102. The third kappa shape index (κ3) is 4.57. The summed E-state index contributed by atoms with van der Waals surface area (Å²) in [5.74, 6) is 0.905. The van der Waals surface area contributed by atoms with Crippen molar-refractivity contribution in [3.05, 3.63) is 78.3 Å². The number of carbonyl (C=O) groups excluding carboxylic acids is 2. The molecular formula is C22H20N2O5. The van der Waals surface area contributed by atoms with Crippen LogP contribution in [0.2, 0.25) is 0 Å². The molecule has 7 nitrogen and oxygen atoms in total. The molecule has 2 heterocycles. The number of fused-ring (bicyclic) bond motifs is 1. The zero-order valence-electron chi connectivity index (χ0n) is 15.6. The molecule has 0 bridgehead atoms. The number of benzene rings is 2. The van der Waals surface area contributed by atoms with E-state index in [4.69, 9.17) is 13.9 Å². The molecule has 0 spiro atoms.